The summed E-state index contributed by atoms with van der Waals surface area (Å²) in [5.41, 5.74) is 7.64. The average Bonchev–Trinajstić information content (AvgIpc) is 2.72. The van der Waals surface area contributed by atoms with Gasteiger partial charge in [0.1, 0.15) is 5.69 Å². The summed E-state index contributed by atoms with van der Waals surface area (Å²) in [6.45, 7) is 2.69. The number of nitrogens with one attached hydrogen (secondary N) is 1. The van der Waals surface area contributed by atoms with Crippen LogP contribution in [-0.4, -0.2) is 10.5 Å². The number of nitrogens with zero attached hydrogens (tertiary/aromatic N) is 1. The van der Waals surface area contributed by atoms with E-state index in [2.05, 4.69) is 5.32 Å². The number of carbonyl (C=O) groups is 1. The first-order valence-corrected chi connectivity index (χ1v) is 5.52. The van der Waals surface area contributed by atoms with Gasteiger partial charge in [0, 0.05) is 18.4 Å². The third-order valence-corrected chi connectivity index (χ3v) is 2.52. The molecule has 0 atom stereocenters. The van der Waals surface area contributed by atoms with E-state index in [9.17, 15) is 4.79 Å². The molecule has 3 N–H and O–H groups in total. The van der Waals surface area contributed by atoms with E-state index in [-0.39, 0.29) is 5.91 Å². The largest absolute Gasteiger partial charge is 0.397 e. The molecule has 0 aliphatic heterocycles. The summed E-state index contributed by atoms with van der Waals surface area (Å²) >= 11 is 0. The zero-order valence-corrected chi connectivity index (χ0v) is 9.68. The summed E-state index contributed by atoms with van der Waals surface area (Å²) in [6, 6.07) is 11.0. The van der Waals surface area contributed by atoms with E-state index in [0.29, 0.717) is 11.4 Å². The van der Waals surface area contributed by atoms with Crippen molar-refractivity contribution in [1.29, 1.82) is 0 Å². The smallest absolute Gasteiger partial charge is 0.272 e. The third-order valence-electron chi connectivity index (χ3n) is 2.52. The number of hydrogen-bond donors (Lipinski definition) is 2. The number of rotatable bonds is 3. The topological polar surface area (TPSA) is 60.0 Å². The first kappa shape index (κ1) is 11.3. The number of benzene rings is 1. The number of amides is 1. The average molecular weight is 229 g/mol. The summed E-state index contributed by atoms with van der Waals surface area (Å²) in [4.78, 5) is 12.0. The molecule has 0 fully saturated rings. The molecule has 0 aliphatic carbocycles. The van der Waals surface area contributed by atoms with Crippen LogP contribution in [0.25, 0.3) is 0 Å². The van der Waals surface area contributed by atoms with Crippen LogP contribution >= 0.6 is 0 Å². The van der Waals surface area contributed by atoms with Crippen molar-refractivity contribution in [3.8, 4) is 0 Å². The molecule has 2 rings (SSSR count). The lowest BCUT2D eigenvalue weighted by Crippen LogP contribution is -2.16. The van der Waals surface area contributed by atoms with Gasteiger partial charge in [-0.05, 0) is 25.1 Å². The quantitative estimate of drug-likeness (QED) is 0.848. The number of aryl methyl sites for hydroxylation is 1. The van der Waals surface area contributed by atoms with Crippen molar-refractivity contribution in [3.63, 3.8) is 0 Å². The van der Waals surface area contributed by atoms with Gasteiger partial charge >= 0.3 is 0 Å². The maximum atomic E-state index is 12.0. The molecular formula is C13H15N3O. The molecule has 88 valence electrons. The molecule has 2 aromatic rings. The first-order valence-electron chi connectivity index (χ1n) is 5.52. The van der Waals surface area contributed by atoms with Crippen molar-refractivity contribution in [2.75, 3.05) is 11.1 Å². The minimum Gasteiger partial charge on any atom is -0.397 e. The summed E-state index contributed by atoms with van der Waals surface area (Å²) in [5.74, 6) is -0.144. The molecule has 4 heteroatoms. The van der Waals surface area contributed by atoms with Gasteiger partial charge in [0.2, 0.25) is 0 Å². The Morgan fingerprint density at radius 3 is 2.71 bits per heavy atom. The van der Waals surface area contributed by atoms with Crippen LogP contribution in [0.4, 0.5) is 11.4 Å². The molecule has 0 bridgehead atoms. The molecule has 0 unspecified atom stereocenters. The third kappa shape index (κ3) is 2.47. The van der Waals surface area contributed by atoms with Crippen LogP contribution in [0.5, 0.6) is 0 Å². The van der Waals surface area contributed by atoms with Crippen molar-refractivity contribution in [3.05, 3.63) is 48.3 Å². The van der Waals surface area contributed by atoms with E-state index in [1.54, 1.807) is 12.3 Å². The molecule has 1 aromatic heterocycles. The second-order valence-electron chi connectivity index (χ2n) is 3.76. The Balaban J connectivity index is 2.20. The molecule has 1 heterocycles. The highest BCUT2D eigenvalue weighted by molar-refractivity contribution is 6.03. The minimum absolute atomic E-state index is 0.144. The fourth-order valence-electron chi connectivity index (χ4n) is 1.70. The molecule has 0 radical (unpaired) electrons. The van der Waals surface area contributed by atoms with E-state index in [4.69, 9.17) is 5.73 Å². The van der Waals surface area contributed by atoms with Gasteiger partial charge in [0.05, 0.1) is 5.69 Å². The van der Waals surface area contributed by atoms with Gasteiger partial charge in [-0.3, -0.25) is 4.79 Å². The van der Waals surface area contributed by atoms with E-state index < -0.39 is 0 Å². The molecular weight excluding hydrogens is 214 g/mol. The summed E-state index contributed by atoms with van der Waals surface area (Å²) in [5, 5.41) is 2.83. The van der Waals surface area contributed by atoms with Crippen LogP contribution in [0.15, 0.2) is 42.6 Å². The zero-order valence-electron chi connectivity index (χ0n) is 9.68. The second kappa shape index (κ2) is 4.74. The van der Waals surface area contributed by atoms with Crippen LogP contribution in [0.2, 0.25) is 0 Å². The minimum atomic E-state index is -0.144. The van der Waals surface area contributed by atoms with Crippen molar-refractivity contribution < 1.29 is 4.79 Å². The lowest BCUT2D eigenvalue weighted by Gasteiger charge is -2.07. The van der Waals surface area contributed by atoms with E-state index in [1.165, 1.54) is 0 Å². The Labute approximate surface area is 100 Å². The number of carbonyl (C=O) groups excluding carboxylic acids is 1. The highest BCUT2D eigenvalue weighted by Gasteiger charge is 2.11. The number of nitrogen functional groups attached to an aromatic ring is 1. The fraction of sp³-hybridized carbons (Fsp3) is 0.154. The van der Waals surface area contributed by atoms with Crippen LogP contribution < -0.4 is 11.1 Å². The van der Waals surface area contributed by atoms with E-state index in [1.807, 2.05) is 41.8 Å². The maximum absolute atomic E-state index is 12.0. The van der Waals surface area contributed by atoms with Gasteiger partial charge in [-0.15, -0.1) is 0 Å². The number of aromatic nitrogens is 1. The molecule has 0 aliphatic rings. The second-order valence-corrected chi connectivity index (χ2v) is 3.76. The molecule has 17 heavy (non-hydrogen) atoms. The van der Waals surface area contributed by atoms with Crippen molar-refractivity contribution >= 4 is 17.3 Å². The Morgan fingerprint density at radius 1 is 1.35 bits per heavy atom. The Bertz CT molecular complexity index is 517. The molecule has 1 amide bonds. The SMILES string of the molecule is CCn1cc(N)cc1C(=O)Nc1ccccc1. The van der Waals surface area contributed by atoms with Crippen molar-refractivity contribution in [1.82, 2.24) is 4.57 Å². The Morgan fingerprint density at radius 2 is 2.06 bits per heavy atom. The predicted molar refractivity (Wildman–Crippen MR) is 68.9 cm³/mol. The fourth-order valence-corrected chi connectivity index (χ4v) is 1.70. The lowest BCUT2D eigenvalue weighted by molar-refractivity contribution is 0.101. The normalized spacial score (nSPS) is 10.2. The predicted octanol–water partition coefficient (Wildman–Crippen LogP) is 2.34. The summed E-state index contributed by atoms with van der Waals surface area (Å²) in [6.07, 6.45) is 1.76. The van der Waals surface area contributed by atoms with Crippen LogP contribution in [0, 0.1) is 0 Å². The summed E-state index contributed by atoms with van der Waals surface area (Å²) in [7, 11) is 0. The monoisotopic (exact) mass is 229 g/mol. The Hall–Kier alpha value is -2.23. The van der Waals surface area contributed by atoms with E-state index >= 15 is 0 Å². The zero-order chi connectivity index (χ0) is 12.3. The highest BCUT2D eigenvalue weighted by atomic mass is 16.1. The highest BCUT2D eigenvalue weighted by Crippen LogP contribution is 2.13. The number of para-hydroxylation sites is 1. The number of anilines is 2. The van der Waals surface area contributed by atoms with E-state index in [0.717, 1.165) is 12.2 Å². The summed E-state index contributed by atoms with van der Waals surface area (Å²) < 4.78 is 1.83. The van der Waals surface area contributed by atoms with Crippen LogP contribution in [0.3, 0.4) is 0 Å². The van der Waals surface area contributed by atoms with Gasteiger partial charge in [0.15, 0.2) is 0 Å². The number of nitrogens with two attached hydrogens (primary N) is 1. The van der Waals surface area contributed by atoms with Crippen molar-refractivity contribution in [2.24, 2.45) is 0 Å². The number of hydrogen-bond acceptors (Lipinski definition) is 2. The Kier molecular flexibility index (Phi) is 3.14. The standard InChI is InChI=1S/C13H15N3O/c1-2-16-9-10(14)8-12(16)13(17)15-11-6-4-3-5-7-11/h3-9H,2,14H2,1H3,(H,15,17). The molecule has 1 aromatic carbocycles. The van der Waals surface area contributed by atoms with Crippen LogP contribution in [0.1, 0.15) is 17.4 Å². The van der Waals surface area contributed by atoms with Gasteiger partial charge < -0.3 is 15.6 Å². The van der Waals surface area contributed by atoms with Crippen LogP contribution in [-0.2, 0) is 6.54 Å². The maximum Gasteiger partial charge on any atom is 0.272 e. The van der Waals surface area contributed by atoms with Gasteiger partial charge in [-0.2, -0.15) is 0 Å². The molecule has 0 saturated heterocycles. The first-order chi connectivity index (χ1) is 8.20. The lowest BCUT2D eigenvalue weighted by atomic mass is 10.3. The van der Waals surface area contributed by atoms with Gasteiger partial charge in [0.25, 0.3) is 5.91 Å². The van der Waals surface area contributed by atoms with Crippen molar-refractivity contribution in [2.45, 2.75) is 13.5 Å². The molecule has 4 nitrogen and oxygen atoms in total. The molecule has 0 saturated carbocycles. The van der Waals surface area contributed by atoms with Gasteiger partial charge in [-0.1, -0.05) is 18.2 Å². The molecule has 0 spiro atoms. The van der Waals surface area contributed by atoms with Gasteiger partial charge in [-0.25, -0.2) is 0 Å².